The number of aliphatic carboxylic acids is 1. The van der Waals surface area contributed by atoms with Gasteiger partial charge >= 0.3 is 12.1 Å². The monoisotopic (exact) mass is 547 g/mol. The van der Waals surface area contributed by atoms with Crippen molar-refractivity contribution in [2.75, 3.05) is 0 Å². The topological polar surface area (TPSA) is 92.2 Å². The van der Waals surface area contributed by atoms with Gasteiger partial charge in [-0.25, -0.2) is 14.8 Å². The first-order valence-electron chi connectivity index (χ1n) is 12.5. The summed E-state index contributed by atoms with van der Waals surface area (Å²) in [4.78, 5) is 33.1. The van der Waals surface area contributed by atoms with Gasteiger partial charge in [0, 0.05) is 35.5 Å². The number of hydrogen-bond donors (Lipinski definition) is 2. The highest BCUT2D eigenvalue weighted by Crippen LogP contribution is 2.32. The molecular weight excluding hydrogens is 519 g/mol. The van der Waals surface area contributed by atoms with Crippen molar-refractivity contribution in [3.8, 4) is 22.5 Å². The van der Waals surface area contributed by atoms with Crippen LogP contribution in [0.15, 0.2) is 85.2 Å². The summed E-state index contributed by atoms with van der Waals surface area (Å²) in [7, 11) is 0. The second-order valence-electron chi connectivity index (χ2n) is 10.5. The lowest BCUT2D eigenvalue weighted by Crippen LogP contribution is -2.42. The number of carbonyl (C=O) groups is 2. The molecule has 0 fully saturated rings. The van der Waals surface area contributed by atoms with Crippen molar-refractivity contribution in [3.63, 3.8) is 0 Å². The Morgan fingerprint density at radius 2 is 1.45 bits per heavy atom. The Labute approximate surface area is 229 Å². The molecule has 6 nitrogen and oxygen atoms in total. The van der Waals surface area contributed by atoms with Gasteiger partial charge in [-0.15, -0.1) is 0 Å². The summed E-state index contributed by atoms with van der Waals surface area (Å²) in [6.45, 7) is 6.20. The van der Waals surface area contributed by atoms with Crippen LogP contribution in [0.3, 0.4) is 0 Å². The largest absolute Gasteiger partial charge is 0.480 e. The summed E-state index contributed by atoms with van der Waals surface area (Å²) in [5.41, 5.74) is 2.74. The molecule has 0 aliphatic carbocycles. The molecule has 0 aliphatic heterocycles. The minimum atomic E-state index is -4.45. The van der Waals surface area contributed by atoms with Gasteiger partial charge in [-0.3, -0.25) is 4.79 Å². The number of nitrogens with zero attached hydrogens (tertiary/aromatic N) is 2. The molecule has 0 aliphatic rings. The molecule has 4 rings (SSSR count). The van der Waals surface area contributed by atoms with Gasteiger partial charge in [0.1, 0.15) is 6.04 Å². The van der Waals surface area contributed by atoms with Gasteiger partial charge in [0.25, 0.3) is 5.91 Å². The van der Waals surface area contributed by atoms with Gasteiger partial charge in [-0.05, 0) is 46.4 Å². The van der Waals surface area contributed by atoms with Crippen molar-refractivity contribution in [3.05, 3.63) is 107 Å². The third-order valence-electron chi connectivity index (χ3n) is 6.44. The highest BCUT2D eigenvalue weighted by Gasteiger charge is 2.30. The fraction of sp³-hybridized carbons (Fsp3) is 0.226. The van der Waals surface area contributed by atoms with Crippen LogP contribution in [0.25, 0.3) is 22.5 Å². The Bertz CT molecular complexity index is 1490. The van der Waals surface area contributed by atoms with Crippen LogP contribution < -0.4 is 5.32 Å². The van der Waals surface area contributed by atoms with Crippen LogP contribution in [0, 0.1) is 0 Å². The average Bonchev–Trinajstić information content (AvgIpc) is 2.92. The Kier molecular flexibility index (Phi) is 8.04. The molecule has 1 heterocycles. The number of hydrogen-bond acceptors (Lipinski definition) is 4. The number of carbonyl (C=O) groups excluding carboxylic acids is 1. The van der Waals surface area contributed by atoms with Gasteiger partial charge in [-0.2, -0.15) is 13.2 Å². The van der Waals surface area contributed by atoms with E-state index in [1.165, 1.54) is 18.5 Å². The van der Waals surface area contributed by atoms with Crippen LogP contribution in [-0.4, -0.2) is 33.0 Å². The second kappa shape index (κ2) is 11.3. The van der Waals surface area contributed by atoms with E-state index in [0.29, 0.717) is 33.6 Å². The molecule has 1 atom stereocenters. The van der Waals surface area contributed by atoms with E-state index >= 15 is 0 Å². The first-order valence-corrected chi connectivity index (χ1v) is 12.5. The van der Waals surface area contributed by atoms with Gasteiger partial charge < -0.3 is 10.4 Å². The van der Waals surface area contributed by atoms with E-state index in [0.717, 1.165) is 17.7 Å². The first kappa shape index (κ1) is 28.5. The number of aromatic nitrogens is 2. The van der Waals surface area contributed by atoms with Crippen molar-refractivity contribution in [2.24, 2.45) is 0 Å². The molecule has 1 aromatic heterocycles. The molecule has 1 amide bonds. The standard InChI is InChI=1S/C31H28F3N3O3/c1-30(2,3)24-13-11-21(12-14-24)28(38)37-26(29(39)40)15-19-7-9-20(10-8-19)27-35-17-23(18-36-27)22-5-4-6-25(16-22)31(32,33)34/h4-14,16-18,26H,15H2,1-3H3,(H,37,38)(H,39,40)/t26-/m0/s1. The minimum Gasteiger partial charge on any atom is -0.480 e. The Hall–Kier alpha value is -4.53. The Balaban J connectivity index is 1.43. The number of halogens is 3. The summed E-state index contributed by atoms with van der Waals surface area (Å²) in [6.07, 6.45) is -1.47. The third kappa shape index (κ3) is 6.91. The zero-order valence-corrected chi connectivity index (χ0v) is 22.2. The van der Waals surface area contributed by atoms with Crippen LogP contribution in [0.5, 0.6) is 0 Å². The highest BCUT2D eigenvalue weighted by atomic mass is 19.4. The second-order valence-corrected chi connectivity index (χ2v) is 10.5. The van der Waals surface area contributed by atoms with Crippen molar-refractivity contribution in [1.82, 2.24) is 15.3 Å². The van der Waals surface area contributed by atoms with Crippen LogP contribution in [0.1, 0.15) is 47.8 Å². The minimum absolute atomic E-state index is 0.0662. The molecule has 0 unspecified atom stereocenters. The van der Waals surface area contributed by atoms with E-state index in [2.05, 4.69) is 36.1 Å². The zero-order valence-electron chi connectivity index (χ0n) is 22.2. The molecule has 2 N–H and O–H groups in total. The van der Waals surface area contributed by atoms with Crippen LogP contribution in [-0.2, 0) is 22.8 Å². The number of amides is 1. The molecular formula is C31H28F3N3O3. The number of rotatable bonds is 7. The summed E-state index contributed by atoms with van der Waals surface area (Å²) in [5, 5.41) is 12.3. The van der Waals surface area contributed by atoms with Crippen LogP contribution >= 0.6 is 0 Å². The highest BCUT2D eigenvalue weighted by molar-refractivity contribution is 5.96. The molecule has 0 saturated heterocycles. The molecule has 0 spiro atoms. The number of benzene rings is 3. The summed E-state index contributed by atoms with van der Waals surface area (Å²) in [6, 6.07) is 17.8. The van der Waals surface area contributed by atoms with Gasteiger partial charge in [0.2, 0.25) is 0 Å². The molecule has 0 bridgehead atoms. The van der Waals surface area contributed by atoms with E-state index < -0.39 is 29.7 Å². The van der Waals surface area contributed by atoms with Crippen molar-refractivity contribution >= 4 is 11.9 Å². The van der Waals surface area contributed by atoms with Gasteiger partial charge in [-0.1, -0.05) is 69.3 Å². The fourth-order valence-corrected chi connectivity index (χ4v) is 4.09. The maximum absolute atomic E-state index is 13.0. The smallest absolute Gasteiger partial charge is 0.416 e. The van der Waals surface area contributed by atoms with E-state index in [1.54, 1.807) is 42.5 Å². The van der Waals surface area contributed by atoms with Crippen molar-refractivity contribution in [2.45, 2.75) is 44.8 Å². The lowest BCUT2D eigenvalue weighted by Gasteiger charge is -2.19. The maximum atomic E-state index is 13.0. The number of carboxylic acid groups (broad SMARTS) is 1. The van der Waals surface area contributed by atoms with E-state index in [9.17, 15) is 27.9 Å². The van der Waals surface area contributed by atoms with Gasteiger partial charge in [0.15, 0.2) is 5.82 Å². The summed E-state index contributed by atoms with van der Waals surface area (Å²) >= 11 is 0. The molecule has 9 heteroatoms. The molecule has 4 aromatic rings. The number of nitrogens with one attached hydrogen (secondary N) is 1. The Morgan fingerprint density at radius 3 is 2.00 bits per heavy atom. The van der Waals surface area contributed by atoms with Crippen LogP contribution in [0.4, 0.5) is 13.2 Å². The average molecular weight is 548 g/mol. The van der Waals surface area contributed by atoms with Crippen molar-refractivity contribution in [1.29, 1.82) is 0 Å². The normalized spacial score (nSPS) is 12.6. The van der Waals surface area contributed by atoms with E-state index in [-0.39, 0.29) is 11.8 Å². The summed E-state index contributed by atoms with van der Waals surface area (Å²) < 4.78 is 39.1. The maximum Gasteiger partial charge on any atom is 0.416 e. The number of alkyl halides is 3. The predicted molar refractivity (Wildman–Crippen MR) is 146 cm³/mol. The van der Waals surface area contributed by atoms with Crippen LogP contribution in [0.2, 0.25) is 0 Å². The molecule has 206 valence electrons. The quantitative estimate of drug-likeness (QED) is 0.274. The van der Waals surface area contributed by atoms with E-state index in [1.807, 2.05) is 12.1 Å². The van der Waals surface area contributed by atoms with E-state index in [4.69, 9.17) is 0 Å². The Morgan fingerprint density at radius 1 is 0.825 bits per heavy atom. The molecule has 0 radical (unpaired) electrons. The first-order chi connectivity index (χ1) is 18.8. The molecule has 3 aromatic carbocycles. The third-order valence-corrected chi connectivity index (χ3v) is 6.44. The SMILES string of the molecule is CC(C)(C)c1ccc(C(=O)N[C@@H](Cc2ccc(-c3ncc(-c4cccc(C(F)(F)F)c4)cn3)cc2)C(=O)O)cc1. The van der Waals surface area contributed by atoms with Crippen molar-refractivity contribution < 1.29 is 27.9 Å². The predicted octanol–water partition coefficient (Wildman–Crippen LogP) is 6.55. The lowest BCUT2D eigenvalue weighted by atomic mass is 9.86. The zero-order chi connectivity index (χ0) is 29.1. The molecule has 40 heavy (non-hydrogen) atoms. The lowest BCUT2D eigenvalue weighted by molar-refractivity contribution is -0.139. The fourth-order valence-electron chi connectivity index (χ4n) is 4.09. The number of carboxylic acids is 1. The van der Waals surface area contributed by atoms with Gasteiger partial charge in [0.05, 0.1) is 5.56 Å². The molecule has 0 saturated carbocycles. The summed E-state index contributed by atoms with van der Waals surface area (Å²) in [5.74, 6) is -1.26.